The van der Waals surface area contributed by atoms with Crippen LogP contribution in [0, 0.1) is 13.8 Å². The molecule has 4 nitrogen and oxygen atoms in total. The number of amides is 1. The second-order valence-electron chi connectivity index (χ2n) is 6.95. The lowest BCUT2D eigenvalue weighted by atomic mass is 10.1. The summed E-state index contributed by atoms with van der Waals surface area (Å²) in [4.78, 5) is 21.7. The standard InChI is InChI=1S/C21H26F3N3OS2/c1-6-12(2)30-15-7-9-18(17(11-15)21(22,23)24)27-19(28)10-8-16-13(3)25-20(29-5)26-14(16)4/h7,9,11-12H,6,8,10H2,1-5H3,(H,27,28). The molecule has 1 atom stereocenters. The van der Waals surface area contributed by atoms with Crippen molar-refractivity contribution in [1.82, 2.24) is 9.97 Å². The van der Waals surface area contributed by atoms with Crippen LogP contribution in [0.1, 0.15) is 49.2 Å². The van der Waals surface area contributed by atoms with E-state index >= 15 is 0 Å². The zero-order valence-electron chi connectivity index (χ0n) is 17.7. The number of nitrogens with zero attached hydrogens (tertiary/aromatic N) is 2. The van der Waals surface area contributed by atoms with Crippen molar-refractivity contribution in [3.8, 4) is 0 Å². The first-order valence-electron chi connectivity index (χ1n) is 9.61. The van der Waals surface area contributed by atoms with Gasteiger partial charge in [0, 0.05) is 28.0 Å². The molecule has 1 aromatic carbocycles. The molecule has 1 aromatic heterocycles. The average molecular weight is 458 g/mol. The predicted octanol–water partition coefficient (Wildman–Crippen LogP) is 6.30. The van der Waals surface area contributed by atoms with Gasteiger partial charge in [-0.3, -0.25) is 4.79 Å². The van der Waals surface area contributed by atoms with E-state index in [9.17, 15) is 18.0 Å². The molecule has 0 aliphatic heterocycles. The molecule has 0 saturated heterocycles. The number of anilines is 1. The second kappa shape index (κ2) is 10.5. The number of carbonyl (C=O) groups excluding carboxylic acids is 1. The zero-order chi connectivity index (χ0) is 22.5. The van der Waals surface area contributed by atoms with Crippen molar-refractivity contribution < 1.29 is 18.0 Å². The Morgan fingerprint density at radius 1 is 1.20 bits per heavy atom. The Bertz CT molecular complexity index is 881. The first-order chi connectivity index (χ1) is 14.0. The van der Waals surface area contributed by atoms with Gasteiger partial charge in [0.1, 0.15) is 0 Å². The van der Waals surface area contributed by atoms with Crippen LogP contribution < -0.4 is 5.32 Å². The summed E-state index contributed by atoms with van der Waals surface area (Å²) in [5.41, 5.74) is 1.36. The quantitative estimate of drug-likeness (QED) is 0.373. The largest absolute Gasteiger partial charge is 0.418 e. The number of rotatable bonds is 8. The SMILES string of the molecule is CCC(C)Sc1ccc(NC(=O)CCc2c(C)nc(SC)nc2C)c(C(F)(F)F)c1. The highest BCUT2D eigenvalue weighted by molar-refractivity contribution is 8.00. The lowest BCUT2D eigenvalue weighted by Gasteiger charge is -2.17. The van der Waals surface area contributed by atoms with Gasteiger partial charge in [0.2, 0.25) is 5.91 Å². The molecule has 0 aliphatic carbocycles. The maximum Gasteiger partial charge on any atom is 0.418 e. The number of hydrogen-bond donors (Lipinski definition) is 1. The second-order valence-corrected chi connectivity index (χ2v) is 9.23. The van der Waals surface area contributed by atoms with E-state index < -0.39 is 17.6 Å². The van der Waals surface area contributed by atoms with Crippen molar-refractivity contribution in [3.63, 3.8) is 0 Å². The van der Waals surface area contributed by atoms with Crippen molar-refractivity contribution in [1.29, 1.82) is 0 Å². The Kier molecular flexibility index (Phi) is 8.61. The minimum atomic E-state index is -4.55. The van der Waals surface area contributed by atoms with Crippen LogP contribution in [0.4, 0.5) is 18.9 Å². The number of hydrogen-bond acceptors (Lipinski definition) is 5. The Morgan fingerprint density at radius 2 is 1.83 bits per heavy atom. The minimum Gasteiger partial charge on any atom is -0.325 e. The smallest absolute Gasteiger partial charge is 0.325 e. The monoisotopic (exact) mass is 457 g/mol. The average Bonchev–Trinajstić information content (AvgIpc) is 2.67. The fourth-order valence-corrected chi connectivity index (χ4v) is 4.29. The summed E-state index contributed by atoms with van der Waals surface area (Å²) >= 11 is 2.82. The molecule has 1 amide bonds. The number of thioether (sulfide) groups is 2. The molecule has 0 fully saturated rings. The number of halogens is 3. The van der Waals surface area contributed by atoms with Crippen LogP contribution in [0.2, 0.25) is 0 Å². The van der Waals surface area contributed by atoms with E-state index in [1.54, 1.807) is 6.07 Å². The first kappa shape index (κ1) is 24.5. The van der Waals surface area contributed by atoms with Crippen molar-refractivity contribution in [2.24, 2.45) is 0 Å². The van der Waals surface area contributed by atoms with Crippen LogP contribution in [0.25, 0.3) is 0 Å². The third-order valence-electron chi connectivity index (χ3n) is 4.67. The molecular formula is C21H26F3N3OS2. The van der Waals surface area contributed by atoms with E-state index in [4.69, 9.17) is 0 Å². The molecular weight excluding hydrogens is 431 g/mol. The van der Waals surface area contributed by atoms with Crippen LogP contribution in [-0.2, 0) is 17.4 Å². The number of carbonyl (C=O) groups is 1. The van der Waals surface area contributed by atoms with E-state index in [1.807, 2.05) is 34.0 Å². The number of alkyl halides is 3. The van der Waals surface area contributed by atoms with Gasteiger partial charge in [-0.15, -0.1) is 11.8 Å². The summed E-state index contributed by atoms with van der Waals surface area (Å²) in [6.07, 6.45) is -1.41. The van der Waals surface area contributed by atoms with Crippen LogP contribution in [0.15, 0.2) is 28.3 Å². The number of nitrogens with one attached hydrogen (secondary N) is 1. The number of aryl methyl sites for hydroxylation is 2. The summed E-state index contributed by atoms with van der Waals surface area (Å²) in [6.45, 7) is 7.64. The van der Waals surface area contributed by atoms with Gasteiger partial charge in [0.15, 0.2) is 5.16 Å². The molecule has 0 spiro atoms. The van der Waals surface area contributed by atoms with Gasteiger partial charge < -0.3 is 5.32 Å². The summed E-state index contributed by atoms with van der Waals surface area (Å²) in [5, 5.41) is 3.29. The maximum atomic E-state index is 13.5. The number of benzene rings is 1. The normalized spacial score (nSPS) is 12.7. The summed E-state index contributed by atoms with van der Waals surface area (Å²) in [7, 11) is 0. The summed E-state index contributed by atoms with van der Waals surface area (Å²) in [5.74, 6) is -0.476. The Hall–Kier alpha value is -1.74. The van der Waals surface area contributed by atoms with E-state index in [2.05, 4.69) is 15.3 Å². The summed E-state index contributed by atoms with van der Waals surface area (Å²) in [6, 6.07) is 4.05. The zero-order valence-corrected chi connectivity index (χ0v) is 19.3. The maximum absolute atomic E-state index is 13.5. The Morgan fingerprint density at radius 3 is 2.37 bits per heavy atom. The van der Waals surface area contributed by atoms with Crippen molar-refractivity contribution >= 4 is 35.1 Å². The van der Waals surface area contributed by atoms with Crippen molar-refractivity contribution in [3.05, 3.63) is 40.7 Å². The van der Waals surface area contributed by atoms with Gasteiger partial charge in [-0.05, 0) is 56.7 Å². The molecule has 164 valence electrons. The predicted molar refractivity (Wildman–Crippen MR) is 117 cm³/mol. The van der Waals surface area contributed by atoms with E-state index in [0.29, 0.717) is 16.5 Å². The molecule has 0 radical (unpaired) electrons. The third kappa shape index (κ3) is 6.63. The molecule has 0 saturated carbocycles. The van der Waals surface area contributed by atoms with Crippen molar-refractivity contribution in [2.75, 3.05) is 11.6 Å². The topological polar surface area (TPSA) is 54.9 Å². The highest BCUT2D eigenvalue weighted by atomic mass is 32.2. The van der Waals surface area contributed by atoms with Gasteiger partial charge in [-0.2, -0.15) is 13.2 Å². The molecule has 1 N–H and O–H groups in total. The molecule has 0 aliphatic rings. The summed E-state index contributed by atoms with van der Waals surface area (Å²) < 4.78 is 40.6. The lowest BCUT2D eigenvalue weighted by molar-refractivity contribution is -0.137. The van der Waals surface area contributed by atoms with Crippen molar-refractivity contribution in [2.45, 2.75) is 68.4 Å². The minimum absolute atomic E-state index is 0.0460. The Labute approximate surface area is 183 Å². The van der Waals surface area contributed by atoms with Crippen LogP contribution >= 0.6 is 23.5 Å². The molecule has 2 rings (SSSR count). The molecule has 9 heteroatoms. The third-order valence-corrected chi connectivity index (χ3v) is 6.48. The van der Waals surface area contributed by atoms with Gasteiger partial charge in [-0.25, -0.2) is 9.97 Å². The first-order valence-corrected chi connectivity index (χ1v) is 11.7. The van der Waals surface area contributed by atoms with Crippen LogP contribution in [-0.4, -0.2) is 27.4 Å². The van der Waals surface area contributed by atoms with Gasteiger partial charge in [0.05, 0.1) is 11.3 Å². The molecule has 0 bridgehead atoms. The molecule has 2 aromatic rings. The van der Waals surface area contributed by atoms with Gasteiger partial charge >= 0.3 is 6.18 Å². The van der Waals surface area contributed by atoms with E-state index in [1.165, 1.54) is 29.6 Å². The highest BCUT2D eigenvalue weighted by Gasteiger charge is 2.34. The van der Waals surface area contributed by atoms with E-state index in [0.717, 1.165) is 29.4 Å². The molecule has 30 heavy (non-hydrogen) atoms. The van der Waals surface area contributed by atoms with Gasteiger partial charge in [-0.1, -0.05) is 25.6 Å². The molecule has 1 heterocycles. The number of aromatic nitrogens is 2. The highest BCUT2D eigenvalue weighted by Crippen LogP contribution is 2.38. The fraction of sp³-hybridized carbons (Fsp3) is 0.476. The lowest BCUT2D eigenvalue weighted by Crippen LogP contribution is -2.17. The van der Waals surface area contributed by atoms with Crippen LogP contribution in [0.3, 0.4) is 0 Å². The molecule has 1 unspecified atom stereocenters. The van der Waals surface area contributed by atoms with Crippen LogP contribution in [0.5, 0.6) is 0 Å². The Balaban J connectivity index is 2.14. The fourth-order valence-electron chi connectivity index (χ4n) is 2.87. The van der Waals surface area contributed by atoms with Gasteiger partial charge in [0.25, 0.3) is 0 Å². The van der Waals surface area contributed by atoms with E-state index in [-0.39, 0.29) is 17.4 Å².